The van der Waals surface area contributed by atoms with Gasteiger partial charge in [-0.25, -0.2) is 4.39 Å². The Balaban J connectivity index is 1.62. The Hall–Kier alpha value is -3.90. The van der Waals surface area contributed by atoms with Gasteiger partial charge in [-0.1, -0.05) is 41.9 Å². The second-order valence-electron chi connectivity index (χ2n) is 8.17. The molecule has 4 aromatic rings. The normalized spacial score (nSPS) is 17.6. The summed E-state index contributed by atoms with van der Waals surface area (Å²) >= 11 is 5.98. The average Bonchev–Trinajstić information content (AvgIpc) is 3.37. The van der Waals surface area contributed by atoms with Gasteiger partial charge in [-0.15, -0.1) is 0 Å². The quantitative estimate of drug-likeness (QED) is 0.224. The first-order chi connectivity index (χ1) is 16.4. The Kier molecular flexibility index (Phi) is 5.67. The molecule has 0 saturated carbocycles. The molecule has 3 aromatic carbocycles. The first-order valence-corrected chi connectivity index (χ1v) is 11.2. The van der Waals surface area contributed by atoms with Crippen LogP contribution >= 0.6 is 11.6 Å². The van der Waals surface area contributed by atoms with Crippen LogP contribution in [0.15, 0.2) is 84.6 Å². The van der Waals surface area contributed by atoms with Crippen LogP contribution in [0.2, 0.25) is 5.02 Å². The number of fused-ring (bicyclic) bond motifs is 1. The number of halogens is 2. The van der Waals surface area contributed by atoms with Crippen LogP contribution in [-0.4, -0.2) is 33.2 Å². The van der Waals surface area contributed by atoms with E-state index < -0.39 is 17.7 Å². The van der Waals surface area contributed by atoms with Crippen molar-refractivity contribution in [2.45, 2.75) is 12.5 Å². The summed E-state index contributed by atoms with van der Waals surface area (Å²) in [4.78, 5) is 31.0. The number of amides is 1. The molecule has 2 N–H and O–H groups in total. The summed E-state index contributed by atoms with van der Waals surface area (Å²) in [5.74, 6) is -2.03. The number of aliphatic hydroxyl groups excluding tert-OH is 1. The minimum Gasteiger partial charge on any atom is -0.507 e. The molecular formula is C27H20ClFN2O3. The van der Waals surface area contributed by atoms with Crippen LogP contribution in [0, 0.1) is 5.82 Å². The van der Waals surface area contributed by atoms with Gasteiger partial charge >= 0.3 is 0 Å². The maximum Gasteiger partial charge on any atom is 0.295 e. The highest BCUT2D eigenvalue weighted by molar-refractivity contribution is 6.46. The molecule has 1 atom stereocenters. The Bertz CT molecular complexity index is 1420. The van der Waals surface area contributed by atoms with Crippen molar-refractivity contribution in [3.8, 4) is 0 Å². The van der Waals surface area contributed by atoms with Gasteiger partial charge in [-0.05, 0) is 54.4 Å². The van der Waals surface area contributed by atoms with E-state index in [4.69, 9.17) is 11.6 Å². The van der Waals surface area contributed by atoms with E-state index in [1.807, 2.05) is 24.3 Å². The van der Waals surface area contributed by atoms with Crippen LogP contribution in [0.25, 0.3) is 16.7 Å². The monoisotopic (exact) mass is 474 g/mol. The molecule has 1 unspecified atom stereocenters. The van der Waals surface area contributed by atoms with Gasteiger partial charge in [0.25, 0.3) is 11.7 Å². The fraction of sp³-hybridized carbons (Fsp3) is 0.111. The van der Waals surface area contributed by atoms with Crippen molar-refractivity contribution in [3.05, 3.63) is 112 Å². The Morgan fingerprint density at radius 3 is 2.44 bits per heavy atom. The Morgan fingerprint density at radius 1 is 1.00 bits per heavy atom. The van der Waals surface area contributed by atoms with Gasteiger partial charge in [0.05, 0.1) is 11.6 Å². The SMILES string of the molecule is O=C1C(=O)N(CCc2ccc(F)cc2)C(c2c[nH]c3ccccc23)/C1=C(\O)c1ccc(Cl)cc1. The van der Waals surface area contributed by atoms with E-state index in [-0.39, 0.29) is 23.7 Å². The molecule has 2 heterocycles. The number of aromatic nitrogens is 1. The van der Waals surface area contributed by atoms with Crippen molar-refractivity contribution >= 4 is 40.0 Å². The number of rotatable bonds is 5. The minimum atomic E-state index is -0.785. The predicted molar refractivity (Wildman–Crippen MR) is 129 cm³/mol. The number of hydrogen-bond donors (Lipinski definition) is 2. The van der Waals surface area contributed by atoms with Crippen LogP contribution in [0.5, 0.6) is 0 Å². The lowest BCUT2D eigenvalue weighted by molar-refractivity contribution is -0.139. The van der Waals surface area contributed by atoms with E-state index in [1.165, 1.54) is 17.0 Å². The van der Waals surface area contributed by atoms with E-state index in [1.54, 1.807) is 42.6 Å². The molecule has 0 aliphatic carbocycles. The summed E-state index contributed by atoms with van der Waals surface area (Å²) in [6, 6.07) is 19.3. The van der Waals surface area contributed by atoms with Gasteiger partial charge in [-0.3, -0.25) is 9.59 Å². The summed E-state index contributed by atoms with van der Waals surface area (Å²) in [5.41, 5.74) is 2.82. The Labute approximate surface area is 200 Å². The highest BCUT2D eigenvalue weighted by atomic mass is 35.5. The van der Waals surface area contributed by atoms with E-state index >= 15 is 0 Å². The molecule has 1 saturated heterocycles. The number of nitrogens with zero attached hydrogens (tertiary/aromatic N) is 1. The number of H-pyrrole nitrogens is 1. The number of aromatic amines is 1. The number of likely N-dealkylation sites (tertiary alicyclic amines) is 1. The number of hydrogen-bond acceptors (Lipinski definition) is 3. The van der Waals surface area contributed by atoms with Crippen molar-refractivity contribution in [1.82, 2.24) is 9.88 Å². The third-order valence-corrected chi connectivity index (χ3v) is 6.38. The molecule has 1 aliphatic rings. The van der Waals surface area contributed by atoms with E-state index in [9.17, 15) is 19.1 Å². The fourth-order valence-corrected chi connectivity index (χ4v) is 4.54. The molecule has 0 spiro atoms. The largest absolute Gasteiger partial charge is 0.507 e. The second kappa shape index (κ2) is 8.80. The molecule has 7 heteroatoms. The molecule has 1 aromatic heterocycles. The van der Waals surface area contributed by atoms with Crippen LogP contribution < -0.4 is 0 Å². The van der Waals surface area contributed by atoms with Crippen LogP contribution in [0.1, 0.15) is 22.7 Å². The van der Waals surface area contributed by atoms with Crippen LogP contribution in [0.3, 0.4) is 0 Å². The van der Waals surface area contributed by atoms with Crippen molar-refractivity contribution in [1.29, 1.82) is 0 Å². The molecule has 34 heavy (non-hydrogen) atoms. The van der Waals surface area contributed by atoms with E-state index in [0.29, 0.717) is 22.6 Å². The third-order valence-electron chi connectivity index (χ3n) is 6.13. The van der Waals surface area contributed by atoms with Gasteiger partial charge in [0.15, 0.2) is 0 Å². The molecule has 0 bridgehead atoms. The maximum atomic E-state index is 13.3. The van der Waals surface area contributed by atoms with Crippen LogP contribution in [0.4, 0.5) is 4.39 Å². The lowest BCUT2D eigenvalue weighted by Crippen LogP contribution is -2.31. The Morgan fingerprint density at radius 2 is 1.71 bits per heavy atom. The maximum absolute atomic E-state index is 13.3. The third kappa shape index (κ3) is 3.86. The molecule has 5 rings (SSSR count). The summed E-state index contributed by atoms with van der Waals surface area (Å²) in [6.07, 6.45) is 2.19. The zero-order valence-electron chi connectivity index (χ0n) is 18.0. The number of carbonyl (C=O) groups is 2. The van der Waals surface area contributed by atoms with E-state index in [0.717, 1.165) is 16.5 Å². The van der Waals surface area contributed by atoms with Gasteiger partial charge in [0.1, 0.15) is 11.6 Å². The second-order valence-corrected chi connectivity index (χ2v) is 8.60. The first-order valence-electron chi connectivity index (χ1n) is 10.8. The number of nitrogens with one attached hydrogen (secondary N) is 1. The lowest BCUT2D eigenvalue weighted by atomic mass is 9.95. The number of ketones is 1. The highest BCUT2D eigenvalue weighted by Gasteiger charge is 2.46. The number of benzene rings is 3. The molecule has 5 nitrogen and oxygen atoms in total. The van der Waals surface area contributed by atoms with Crippen molar-refractivity contribution in [2.75, 3.05) is 6.54 Å². The average molecular weight is 475 g/mol. The highest BCUT2D eigenvalue weighted by Crippen LogP contribution is 2.42. The lowest BCUT2D eigenvalue weighted by Gasteiger charge is -2.25. The predicted octanol–water partition coefficient (Wildman–Crippen LogP) is 5.62. The molecule has 0 radical (unpaired) electrons. The fourth-order valence-electron chi connectivity index (χ4n) is 4.42. The smallest absolute Gasteiger partial charge is 0.295 e. The topological polar surface area (TPSA) is 73.4 Å². The summed E-state index contributed by atoms with van der Waals surface area (Å²) in [5, 5.41) is 12.5. The molecule has 1 fully saturated rings. The minimum absolute atomic E-state index is 0.0242. The molecule has 170 valence electrons. The number of aliphatic hydroxyl groups is 1. The van der Waals surface area contributed by atoms with Gasteiger partial charge in [0, 0.05) is 39.8 Å². The molecule has 1 amide bonds. The zero-order chi connectivity index (χ0) is 23.8. The van der Waals surface area contributed by atoms with Crippen molar-refractivity contribution < 1.29 is 19.1 Å². The summed E-state index contributed by atoms with van der Waals surface area (Å²) in [6.45, 7) is 0.220. The molecular weight excluding hydrogens is 455 g/mol. The van der Waals surface area contributed by atoms with Gasteiger partial charge < -0.3 is 15.0 Å². The summed E-state index contributed by atoms with van der Waals surface area (Å²) < 4.78 is 13.3. The number of para-hydroxylation sites is 1. The number of Topliss-reactive ketones (excluding diaryl/α,β-unsaturated/α-hetero) is 1. The zero-order valence-corrected chi connectivity index (χ0v) is 18.7. The standard InChI is InChI=1S/C27H20ClFN2O3/c28-18-9-7-17(8-10-18)25(32)23-24(21-15-30-22-4-2-1-3-20(21)22)31(27(34)26(23)33)14-13-16-5-11-19(29)12-6-16/h1-12,15,24,30,32H,13-14H2/b25-23+. The van der Waals surface area contributed by atoms with Crippen molar-refractivity contribution in [2.24, 2.45) is 0 Å². The van der Waals surface area contributed by atoms with E-state index in [2.05, 4.69) is 4.98 Å². The van der Waals surface area contributed by atoms with Crippen molar-refractivity contribution in [3.63, 3.8) is 0 Å². The van der Waals surface area contributed by atoms with Gasteiger partial charge in [0.2, 0.25) is 0 Å². The molecule has 1 aliphatic heterocycles. The summed E-state index contributed by atoms with van der Waals surface area (Å²) in [7, 11) is 0. The first kappa shape index (κ1) is 21.9. The van der Waals surface area contributed by atoms with Gasteiger partial charge in [-0.2, -0.15) is 0 Å². The van der Waals surface area contributed by atoms with Crippen LogP contribution in [-0.2, 0) is 16.0 Å². The number of carbonyl (C=O) groups excluding carboxylic acids is 2.